The highest BCUT2D eigenvalue weighted by Gasteiger charge is 2.18. The number of fused-ring (bicyclic) bond motifs is 1. The zero-order chi connectivity index (χ0) is 21.7. The molecule has 0 fully saturated rings. The second-order valence-corrected chi connectivity index (χ2v) is 7.74. The second-order valence-electron chi connectivity index (χ2n) is 6.83. The highest BCUT2D eigenvalue weighted by Crippen LogP contribution is 2.40. The van der Waals surface area contributed by atoms with Crippen molar-refractivity contribution in [1.29, 1.82) is 0 Å². The zero-order valence-corrected chi connectivity index (χ0v) is 18.9. The van der Waals surface area contributed by atoms with Crippen molar-refractivity contribution in [2.24, 2.45) is 10.2 Å². The summed E-state index contributed by atoms with van der Waals surface area (Å²) in [5.41, 5.74) is 1.94. The van der Waals surface area contributed by atoms with E-state index < -0.39 is 0 Å². The number of carbonyl (C=O) groups excluding carboxylic acids is 1. The number of hydrogen-bond acceptors (Lipinski definition) is 5. The standard InChI is InChI=1S/C22H25BrN4O3/c1-4-26(5-2)14-27-19-11-8-16(23)13-18(19)21(22(27)29)25-24-20(28)12-15-6-9-17(30-3)10-7-15/h6-11,13,29H,4-5,12,14H2,1-3H3. The molecular formula is C22H25BrN4O3. The minimum absolute atomic E-state index is 0.00371. The molecule has 3 aromatic rings. The second kappa shape index (κ2) is 9.86. The molecule has 1 aromatic heterocycles. The molecule has 0 saturated heterocycles. The first-order valence-electron chi connectivity index (χ1n) is 9.77. The van der Waals surface area contributed by atoms with Gasteiger partial charge in [0.25, 0.3) is 5.91 Å². The van der Waals surface area contributed by atoms with E-state index >= 15 is 0 Å². The molecule has 0 unspecified atom stereocenters. The molecule has 7 nitrogen and oxygen atoms in total. The summed E-state index contributed by atoms with van der Waals surface area (Å²) in [7, 11) is 1.59. The average molecular weight is 473 g/mol. The largest absolute Gasteiger partial charge is 0.497 e. The Bertz CT molecular complexity index is 1060. The molecule has 0 bridgehead atoms. The number of halogens is 1. The Morgan fingerprint density at radius 2 is 1.87 bits per heavy atom. The van der Waals surface area contributed by atoms with Crippen LogP contribution in [-0.2, 0) is 17.9 Å². The monoisotopic (exact) mass is 472 g/mol. The van der Waals surface area contributed by atoms with Gasteiger partial charge in [-0.25, -0.2) is 0 Å². The van der Waals surface area contributed by atoms with Gasteiger partial charge in [0.1, 0.15) is 5.75 Å². The fraction of sp³-hybridized carbons (Fsp3) is 0.318. The van der Waals surface area contributed by atoms with Gasteiger partial charge in [-0.15, -0.1) is 10.2 Å². The van der Waals surface area contributed by atoms with Crippen LogP contribution in [0.1, 0.15) is 19.4 Å². The van der Waals surface area contributed by atoms with E-state index in [9.17, 15) is 9.90 Å². The predicted octanol–water partition coefficient (Wildman–Crippen LogP) is 5.27. The van der Waals surface area contributed by atoms with Gasteiger partial charge < -0.3 is 9.84 Å². The number of ether oxygens (including phenoxy) is 1. The Kier molecular flexibility index (Phi) is 7.23. The van der Waals surface area contributed by atoms with Crippen molar-refractivity contribution in [3.8, 4) is 11.6 Å². The SMILES string of the molecule is CCN(CC)Cn1c(O)c(N=NC(=O)Cc2ccc(OC)cc2)c2cc(Br)ccc21. The Labute approximate surface area is 184 Å². The van der Waals surface area contributed by atoms with Crippen LogP contribution in [0, 0.1) is 0 Å². The molecule has 0 aliphatic rings. The Balaban J connectivity index is 1.89. The van der Waals surface area contributed by atoms with E-state index in [1.807, 2.05) is 30.3 Å². The fourth-order valence-electron chi connectivity index (χ4n) is 3.22. The van der Waals surface area contributed by atoms with Crippen molar-refractivity contribution >= 4 is 38.4 Å². The maximum atomic E-state index is 12.3. The van der Waals surface area contributed by atoms with E-state index in [4.69, 9.17) is 4.74 Å². The number of hydrogen-bond donors (Lipinski definition) is 1. The molecule has 2 aromatic carbocycles. The quantitative estimate of drug-likeness (QED) is 0.452. The molecule has 0 radical (unpaired) electrons. The average Bonchev–Trinajstić information content (AvgIpc) is 3.00. The van der Waals surface area contributed by atoms with Crippen LogP contribution in [0.2, 0.25) is 0 Å². The van der Waals surface area contributed by atoms with Gasteiger partial charge >= 0.3 is 0 Å². The number of azo groups is 1. The van der Waals surface area contributed by atoms with Gasteiger partial charge in [0.05, 0.1) is 25.7 Å². The Hall–Kier alpha value is -2.71. The third-order valence-corrected chi connectivity index (χ3v) is 5.48. The first-order valence-corrected chi connectivity index (χ1v) is 10.6. The van der Waals surface area contributed by atoms with Crippen molar-refractivity contribution in [3.05, 3.63) is 52.5 Å². The van der Waals surface area contributed by atoms with Crippen LogP contribution in [0.4, 0.5) is 5.69 Å². The van der Waals surface area contributed by atoms with Crippen LogP contribution >= 0.6 is 15.9 Å². The number of carbonyl (C=O) groups is 1. The zero-order valence-electron chi connectivity index (χ0n) is 17.3. The highest BCUT2D eigenvalue weighted by atomic mass is 79.9. The van der Waals surface area contributed by atoms with E-state index in [1.54, 1.807) is 23.8 Å². The maximum absolute atomic E-state index is 12.3. The summed E-state index contributed by atoms with van der Waals surface area (Å²) in [4.78, 5) is 14.5. The molecule has 0 atom stereocenters. The molecule has 30 heavy (non-hydrogen) atoms. The summed E-state index contributed by atoms with van der Waals surface area (Å²) in [6, 6.07) is 12.9. The van der Waals surface area contributed by atoms with Crippen molar-refractivity contribution in [3.63, 3.8) is 0 Å². The molecule has 1 heterocycles. The summed E-state index contributed by atoms with van der Waals surface area (Å²) >= 11 is 3.46. The molecule has 0 aliphatic carbocycles. The molecular weight excluding hydrogens is 448 g/mol. The fourth-order valence-corrected chi connectivity index (χ4v) is 3.58. The number of amides is 1. The van der Waals surface area contributed by atoms with Crippen LogP contribution in [0.15, 0.2) is 57.2 Å². The summed E-state index contributed by atoms with van der Waals surface area (Å²) in [5, 5.41) is 19.6. The van der Waals surface area contributed by atoms with Crippen LogP contribution < -0.4 is 4.74 Å². The summed E-state index contributed by atoms with van der Waals surface area (Å²) in [5.74, 6) is 0.333. The molecule has 3 rings (SSSR count). The first-order chi connectivity index (χ1) is 14.5. The summed E-state index contributed by atoms with van der Waals surface area (Å²) < 4.78 is 7.77. The molecule has 0 spiro atoms. The molecule has 0 saturated carbocycles. The lowest BCUT2D eigenvalue weighted by atomic mass is 10.1. The molecule has 8 heteroatoms. The smallest absolute Gasteiger partial charge is 0.269 e. The van der Waals surface area contributed by atoms with E-state index in [1.165, 1.54) is 0 Å². The van der Waals surface area contributed by atoms with Gasteiger partial charge in [-0.05, 0) is 49.0 Å². The van der Waals surface area contributed by atoms with Crippen molar-refractivity contribution in [2.45, 2.75) is 26.9 Å². The molecule has 1 N–H and O–H groups in total. The van der Waals surface area contributed by atoms with Crippen molar-refractivity contribution in [1.82, 2.24) is 9.47 Å². The maximum Gasteiger partial charge on any atom is 0.269 e. The van der Waals surface area contributed by atoms with Gasteiger partial charge in [-0.1, -0.05) is 41.9 Å². The third-order valence-electron chi connectivity index (χ3n) is 4.98. The Morgan fingerprint density at radius 1 is 1.17 bits per heavy atom. The van der Waals surface area contributed by atoms with Crippen LogP contribution in [-0.4, -0.2) is 40.7 Å². The van der Waals surface area contributed by atoms with Crippen LogP contribution in [0.5, 0.6) is 11.6 Å². The molecule has 158 valence electrons. The number of nitrogens with zero attached hydrogens (tertiary/aromatic N) is 4. The van der Waals surface area contributed by atoms with Gasteiger partial charge in [0, 0.05) is 9.86 Å². The highest BCUT2D eigenvalue weighted by molar-refractivity contribution is 9.10. The van der Waals surface area contributed by atoms with Crippen LogP contribution in [0.25, 0.3) is 10.9 Å². The van der Waals surface area contributed by atoms with Crippen molar-refractivity contribution < 1.29 is 14.6 Å². The minimum atomic E-state index is -0.390. The molecule has 0 aliphatic heterocycles. The van der Waals surface area contributed by atoms with Gasteiger partial charge in [0.2, 0.25) is 5.88 Å². The van der Waals surface area contributed by atoms with Gasteiger partial charge in [-0.2, -0.15) is 0 Å². The van der Waals surface area contributed by atoms with E-state index in [0.717, 1.165) is 39.8 Å². The summed E-state index contributed by atoms with van der Waals surface area (Å²) in [6.07, 6.45) is 0.121. The molecule has 1 amide bonds. The Morgan fingerprint density at radius 3 is 2.50 bits per heavy atom. The van der Waals surface area contributed by atoms with Crippen molar-refractivity contribution in [2.75, 3.05) is 20.2 Å². The van der Waals surface area contributed by atoms with E-state index in [0.29, 0.717) is 12.4 Å². The normalized spacial score (nSPS) is 11.6. The lowest BCUT2D eigenvalue weighted by Crippen LogP contribution is -2.25. The number of methoxy groups -OCH3 is 1. The number of benzene rings is 2. The number of aromatic nitrogens is 1. The van der Waals surface area contributed by atoms with Gasteiger partial charge in [-0.3, -0.25) is 14.3 Å². The van der Waals surface area contributed by atoms with Crippen LogP contribution in [0.3, 0.4) is 0 Å². The van der Waals surface area contributed by atoms with E-state index in [2.05, 4.69) is 44.9 Å². The van der Waals surface area contributed by atoms with E-state index in [-0.39, 0.29) is 18.2 Å². The third kappa shape index (κ3) is 4.88. The number of aromatic hydroxyl groups is 1. The first kappa shape index (κ1) is 22.0. The topological polar surface area (TPSA) is 79.4 Å². The minimum Gasteiger partial charge on any atom is -0.497 e. The predicted molar refractivity (Wildman–Crippen MR) is 120 cm³/mol. The lowest BCUT2D eigenvalue weighted by molar-refractivity contribution is -0.117. The number of rotatable bonds is 8. The van der Waals surface area contributed by atoms with Gasteiger partial charge in [0.15, 0.2) is 5.69 Å². The summed E-state index contributed by atoms with van der Waals surface area (Å²) in [6.45, 7) is 6.36. The lowest BCUT2D eigenvalue weighted by Gasteiger charge is -2.20.